The third kappa shape index (κ3) is 3.01. The summed E-state index contributed by atoms with van der Waals surface area (Å²) in [6, 6.07) is 10.1. The van der Waals surface area contributed by atoms with Crippen molar-refractivity contribution in [3.05, 3.63) is 48.5 Å². The summed E-state index contributed by atoms with van der Waals surface area (Å²) < 4.78 is 1.89. The Kier molecular flexibility index (Phi) is 4.48. The van der Waals surface area contributed by atoms with E-state index in [4.69, 9.17) is 5.73 Å². The van der Waals surface area contributed by atoms with Gasteiger partial charge in [0.1, 0.15) is 12.7 Å². The van der Waals surface area contributed by atoms with Gasteiger partial charge in [-0.15, -0.1) is 0 Å². The number of amides is 1. The maximum Gasteiger partial charge on any atom is 0.231 e. The van der Waals surface area contributed by atoms with Crippen molar-refractivity contribution < 1.29 is 4.79 Å². The highest BCUT2D eigenvalue weighted by Gasteiger charge is 2.29. The topological polar surface area (TPSA) is 77.0 Å². The standard InChI is InChI=1S/C16H21N5O/c17-10-15(13-4-2-1-3-5-13)16(22)20-8-6-14(7-9-20)21-12-18-11-19-21/h1-5,11-12,14-15H,6-10,17H2/t15-/m0/s1. The number of hydrogen-bond acceptors (Lipinski definition) is 4. The maximum absolute atomic E-state index is 12.7. The van der Waals surface area contributed by atoms with E-state index in [9.17, 15) is 4.79 Å². The van der Waals surface area contributed by atoms with Gasteiger partial charge >= 0.3 is 0 Å². The van der Waals surface area contributed by atoms with E-state index in [2.05, 4.69) is 10.1 Å². The molecule has 1 amide bonds. The van der Waals surface area contributed by atoms with Crippen LogP contribution in [0.2, 0.25) is 0 Å². The van der Waals surface area contributed by atoms with Crippen molar-refractivity contribution >= 4 is 5.91 Å². The lowest BCUT2D eigenvalue weighted by Gasteiger charge is -2.34. The first-order valence-electron chi connectivity index (χ1n) is 7.67. The van der Waals surface area contributed by atoms with E-state index < -0.39 is 0 Å². The molecule has 2 aromatic rings. The molecule has 0 saturated carbocycles. The van der Waals surface area contributed by atoms with Crippen LogP contribution in [0.4, 0.5) is 0 Å². The van der Waals surface area contributed by atoms with Gasteiger partial charge < -0.3 is 10.6 Å². The number of aromatic nitrogens is 3. The Labute approximate surface area is 129 Å². The molecule has 0 radical (unpaired) electrons. The van der Waals surface area contributed by atoms with E-state index in [-0.39, 0.29) is 11.8 Å². The molecule has 6 heteroatoms. The number of benzene rings is 1. The van der Waals surface area contributed by atoms with Gasteiger partial charge in [-0.3, -0.25) is 4.79 Å². The number of nitrogens with two attached hydrogens (primary N) is 1. The number of nitrogens with zero attached hydrogens (tertiary/aromatic N) is 4. The quantitative estimate of drug-likeness (QED) is 0.920. The molecule has 116 valence electrons. The Morgan fingerprint density at radius 2 is 2.00 bits per heavy atom. The second kappa shape index (κ2) is 6.70. The molecule has 1 atom stereocenters. The van der Waals surface area contributed by atoms with Crippen molar-refractivity contribution in [3.8, 4) is 0 Å². The molecule has 0 bridgehead atoms. The monoisotopic (exact) mass is 299 g/mol. The van der Waals surface area contributed by atoms with E-state index >= 15 is 0 Å². The van der Waals surface area contributed by atoms with Crippen LogP contribution in [0.3, 0.4) is 0 Å². The molecule has 6 nitrogen and oxygen atoms in total. The smallest absolute Gasteiger partial charge is 0.231 e. The summed E-state index contributed by atoms with van der Waals surface area (Å²) in [4.78, 5) is 18.7. The summed E-state index contributed by atoms with van der Waals surface area (Å²) in [5.41, 5.74) is 6.84. The molecule has 2 N–H and O–H groups in total. The summed E-state index contributed by atoms with van der Waals surface area (Å²) in [6.45, 7) is 1.82. The van der Waals surface area contributed by atoms with Gasteiger partial charge in [0.15, 0.2) is 0 Å². The molecule has 3 rings (SSSR count). The molecule has 1 aliphatic rings. The van der Waals surface area contributed by atoms with Gasteiger partial charge in [-0.1, -0.05) is 30.3 Å². The zero-order valence-corrected chi connectivity index (χ0v) is 12.5. The molecule has 1 fully saturated rings. The van der Waals surface area contributed by atoms with Crippen molar-refractivity contribution in [1.29, 1.82) is 0 Å². The van der Waals surface area contributed by atoms with Crippen molar-refractivity contribution in [2.75, 3.05) is 19.6 Å². The van der Waals surface area contributed by atoms with E-state index in [0.717, 1.165) is 31.5 Å². The molecule has 0 aliphatic carbocycles. The van der Waals surface area contributed by atoms with Gasteiger partial charge in [0.25, 0.3) is 0 Å². The number of carbonyl (C=O) groups excluding carboxylic acids is 1. The Morgan fingerprint density at radius 3 is 2.59 bits per heavy atom. The van der Waals surface area contributed by atoms with Gasteiger partial charge in [0.2, 0.25) is 5.91 Å². The van der Waals surface area contributed by atoms with Crippen LogP contribution in [-0.4, -0.2) is 45.2 Å². The van der Waals surface area contributed by atoms with Gasteiger partial charge in [0.05, 0.1) is 12.0 Å². The third-order valence-corrected chi connectivity index (χ3v) is 4.32. The molecule has 1 aromatic carbocycles. The highest BCUT2D eigenvalue weighted by Crippen LogP contribution is 2.24. The Hall–Kier alpha value is -2.21. The fourth-order valence-electron chi connectivity index (χ4n) is 3.04. The maximum atomic E-state index is 12.7. The highest BCUT2D eigenvalue weighted by atomic mass is 16.2. The minimum Gasteiger partial charge on any atom is -0.342 e. The van der Waals surface area contributed by atoms with Crippen LogP contribution in [0.1, 0.15) is 30.4 Å². The zero-order chi connectivity index (χ0) is 15.4. The summed E-state index contributed by atoms with van der Waals surface area (Å²) in [5.74, 6) is -0.116. The number of piperidine rings is 1. The lowest BCUT2D eigenvalue weighted by molar-refractivity contribution is -0.134. The number of carbonyl (C=O) groups is 1. The second-order valence-electron chi connectivity index (χ2n) is 5.63. The van der Waals surface area contributed by atoms with E-state index in [1.807, 2.05) is 39.9 Å². The molecule has 1 aromatic heterocycles. The van der Waals surface area contributed by atoms with Gasteiger partial charge in [0, 0.05) is 19.6 Å². The van der Waals surface area contributed by atoms with E-state index in [1.165, 1.54) is 0 Å². The first kappa shape index (κ1) is 14.7. The average molecular weight is 299 g/mol. The van der Waals surface area contributed by atoms with Gasteiger partial charge in [-0.2, -0.15) is 5.10 Å². The highest BCUT2D eigenvalue weighted by molar-refractivity contribution is 5.84. The van der Waals surface area contributed by atoms with Crippen molar-refractivity contribution in [2.24, 2.45) is 5.73 Å². The molecule has 0 spiro atoms. The molecular formula is C16H21N5O. The third-order valence-electron chi connectivity index (χ3n) is 4.32. The predicted octanol–water partition coefficient (Wildman–Crippen LogP) is 1.18. The first-order chi connectivity index (χ1) is 10.8. The van der Waals surface area contributed by atoms with Crippen LogP contribution in [0.15, 0.2) is 43.0 Å². The van der Waals surface area contributed by atoms with Crippen LogP contribution < -0.4 is 5.73 Å². The lowest BCUT2D eigenvalue weighted by Crippen LogP contribution is -2.43. The van der Waals surface area contributed by atoms with Crippen LogP contribution in [-0.2, 0) is 4.79 Å². The number of likely N-dealkylation sites (tertiary alicyclic amines) is 1. The van der Waals surface area contributed by atoms with Gasteiger partial charge in [-0.05, 0) is 18.4 Å². The zero-order valence-electron chi connectivity index (χ0n) is 12.5. The molecule has 2 heterocycles. The number of hydrogen-bond donors (Lipinski definition) is 1. The normalized spacial score (nSPS) is 17.4. The summed E-state index contributed by atoms with van der Waals surface area (Å²) in [6.07, 6.45) is 5.11. The molecule has 1 aliphatic heterocycles. The van der Waals surface area contributed by atoms with Crippen LogP contribution in [0.5, 0.6) is 0 Å². The fraction of sp³-hybridized carbons (Fsp3) is 0.438. The SMILES string of the molecule is NC[C@H](C(=O)N1CCC(n2cncn2)CC1)c1ccccc1. The Bertz CT molecular complexity index is 590. The first-order valence-corrected chi connectivity index (χ1v) is 7.67. The molecule has 1 saturated heterocycles. The molecule has 0 unspecified atom stereocenters. The summed E-state index contributed by atoms with van der Waals surface area (Å²) in [5, 5.41) is 4.19. The summed E-state index contributed by atoms with van der Waals surface area (Å²) in [7, 11) is 0. The van der Waals surface area contributed by atoms with Crippen LogP contribution >= 0.6 is 0 Å². The second-order valence-corrected chi connectivity index (χ2v) is 5.63. The molecular weight excluding hydrogens is 278 g/mol. The lowest BCUT2D eigenvalue weighted by atomic mass is 9.96. The largest absolute Gasteiger partial charge is 0.342 e. The van der Waals surface area contributed by atoms with Crippen molar-refractivity contribution in [2.45, 2.75) is 24.8 Å². The Morgan fingerprint density at radius 1 is 1.27 bits per heavy atom. The average Bonchev–Trinajstić information content (AvgIpc) is 3.11. The Balaban J connectivity index is 1.64. The minimum atomic E-state index is -0.246. The van der Waals surface area contributed by atoms with Crippen LogP contribution in [0, 0.1) is 0 Å². The van der Waals surface area contributed by atoms with E-state index in [1.54, 1.807) is 12.7 Å². The van der Waals surface area contributed by atoms with Crippen molar-refractivity contribution in [1.82, 2.24) is 19.7 Å². The fourth-order valence-corrected chi connectivity index (χ4v) is 3.04. The summed E-state index contributed by atoms with van der Waals surface area (Å²) >= 11 is 0. The van der Waals surface area contributed by atoms with Crippen LogP contribution in [0.25, 0.3) is 0 Å². The number of rotatable bonds is 4. The molecule has 22 heavy (non-hydrogen) atoms. The van der Waals surface area contributed by atoms with E-state index in [0.29, 0.717) is 12.6 Å². The van der Waals surface area contributed by atoms with Gasteiger partial charge in [-0.25, -0.2) is 9.67 Å². The van der Waals surface area contributed by atoms with Crippen molar-refractivity contribution in [3.63, 3.8) is 0 Å². The predicted molar refractivity (Wildman–Crippen MR) is 83.1 cm³/mol. The minimum absolute atomic E-state index is 0.130.